The molecule has 1 fully saturated rings. The number of aromatic amines is 1. The fourth-order valence-corrected chi connectivity index (χ4v) is 2.68. The van der Waals surface area contributed by atoms with Gasteiger partial charge in [-0.05, 0) is 0 Å². The second-order valence-electron chi connectivity index (χ2n) is 4.65. The summed E-state index contributed by atoms with van der Waals surface area (Å²) < 4.78 is 17.1. The maximum absolute atomic E-state index is 11.6. The number of aliphatic hydroxyl groups excluding tert-OH is 2. The van der Waals surface area contributed by atoms with E-state index in [9.17, 15) is 24.4 Å². The van der Waals surface area contributed by atoms with Crippen LogP contribution in [0.15, 0.2) is 21.9 Å². The fraction of sp³-hybridized carbons (Fsp3) is 0.556. The smallest absolute Gasteiger partial charge is 0.385 e. The van der Waals surface area contributed by atoms with Gasteiger partial charge in [0.05, 0.1) is 0 Å². The van der Waals surface area contributed by atoms with E-state index in [4.69, 9.17) is 14.5 Å². The number of nitrogens with zero attached hydrogens (tertiary/aromatic N) is 1. The van der Waals surface area contributed by atoms with Crippen LogP contribution < -0.4 is 17.0 Å². The largest absolute Gasteiger partial charge is 0.387 e. The molecule has 1 aliphatic heterocycles. The molecule has 8 N–H and O–H groups in total. The lowest BCUT2D eigenvalue weighted by atomic mass is 10.1. The van der Waals surface area contributed by atoms with E-state index in [1.165, 1.54) is 0 Å². The van der Waals surface area contributed by atoms with E-state index in [2.05, 4.69) is 5.73 Å². The number of aromatic nitrogens is 2. The zero-order valence-electron chi connectivity index (χ0n) is 10.6. The summed E-state index contributed by atoms with van der Waals surface area (Å²) in [5.74, 6) is -1.62. The Labute approximate surface area is 116 Å². The van der Waals surface area contributed by atoms with Gasteiger partial charge < -0.3 is 30.5 Å². The highest BCUT2D eigenvalue weighted by atomic mass is 31.2. The SMILES string of the molecule is [NH3+][C@H]([C@H]1O[C@@H](n2ccc(=O)[nH]c2=O)[C@H](O)[C@@H]1O)P(=O)(O)O. The third kappa shape index (κ3) is 2.99. The predicted molar refractivity (Wildman–Crippen MR) is 66.0 cm³/mol. The first-order valence-corrected chi connectivity index (χ1v) is 7.52. The van der Waals surface area contributed by atoms with Crippen LogP contribution in [0.1, 0.15) is 6.23 Å². The van der Waals surface area contributed by atoms with Crippen LogP contribution in [0.4, 0.5) is 0 Å². The Morgan fingerprint density at radius 2 is 1.95 bits per heavy atom. The van der Waals surface area contributed by atoms with Crippen molar-refractivity contribution in [1.29, 1.82) is 0 Å². The molecule has 0 aromatic carbocycles. The highest BCUT2D eigenvalue weighted by Gasteiger charge is 2.52. The average Bonchev–Trinajstić information content (AvgIpc) is 2.65. The summed E-state index contributed by atoms with van der Waals surface area (Å²) in [6.07, 6.45) is -5.09. The highest BCUT2D eigenvalue weighted by Crippen LogP contribution is 2.43. The number of nitrogens with one attached hydrogen (secondary N) is 1. The van der Waals surface area contributed by atoms with Gasteiger partial charge in [-0.15, -0.1) is 0 Å². The Morgan fingerprint density at radius 3 is 2.48 bits per heavy atom. The summed E-state index contributed by atoms with van der Waals surface area (Å²) in [5.41, 5.74) is 1.68. The van der Waals surface area contributed by atoms with Crippen molar-refractivity contribution in [3.05, 3.63) is 33.1 Å². The molecule has 0 amide bonds. The molecule has 1 aliphatic rings. The van der Waals surface area contributed by atoms with Gasteiger partial charge in [0.2, 0.25) is 5.78 Å². The van der Waals surface area contributed by atoms with Crippen LogP contribution in [0.2, 0.25) is 0 Å². The number of rotatable bonds is 3. The van der Waals surface area contributed by atoms with Gasteiger partial charge >= 0.3 is 13.3 Å². The minimum atomic E-state index is -4.66. The van der Waals surface area contributed by atoms with E-state index in [0.29, 0.717) is 0 Å². The number of quaternary nitrogens is 1. The van der Waals surface area contributed by atoms with Gasteiger partial charge in [-0.2, -0.15) is 0 Å². The molecule has 5 atom stereocenters. The summed E-state index contributed by atoms with van der Waals surface area (Å²) in [7, 11) is -4.66. The molecule has 118 valence electrons. The molecule has 11 nitrogen and oxygen atoms in total. The van der Waals surface area contributed by atoms with Gasteiger partial charge in [-0.1, -0.05) is 0 Å². The maximum atomic E-state index is 11.6. The lowest BCUT2D eigenvalue weighted by molar-refractivity contribution is -0.416. The average molecular weight is 324 g/mol. The summed E-state index contributed by atoms with van der Waals surface area (Å²) in [5, 5.41) is 19.7. The molecule has 2 heterocycles. The molecular weight excluding hydrogens is 309 g/mol. The van der Waals surface area contributed by atoms with E-state index >= 15 is 0 Å². The van der Waals surface area contributed by atoms with Crippen LogP contribution in [-0.4, -0.2) is 53.6 Å². The van der Waals surface area contributed by atoms with E-state index in [1.807, 2.05) is 4.98 Å². The number of hydrogen-bond acceptors (Lipinski definition) is 6. The normalized spacial score (nSPS) is 31.3. The van der Waals surface area contributed by atoms with Crippen LogP contribution in [0.25, 0.3) is 0 Å². The predicted octanol–water partition coefficient (Wildman–Crippen LogP) is -4.10. The van der Waals surface area contributed by atoms with Crippen molar-refractivity contribution in [2.75, 3.05) is 0 Å². The van der Waals surface area contributed by atoms with E-state index in [0.717, 1.165) is 16.8 Å². The Morgan fingerprint density at radius 1 is 1.33 bits per heavy atom. The number of H-pyrrole nitrogens is 1. The van der Waals surface area contributed by atoms with Crippen LogP contribution in [0, 0.1) is 0 Å². The van der Waals surface area contributed by atoms with Crippen molar-refractivity contribution < 1.29 is 35.0 Å². The van der Waals surface area contributed by atoms with Crippen LogP contribution in [-0.2, 0) is 9.30 Å². The molecule has 0 aliphatic carbocycles. The Bertz CT molecular complexity index is 680. The van der Waals surface area contributed by atoms with Crippen LogP contribution >= 0.6 is 7.60 Å². The maximum Gasteiger partial charge on any atom is 0.385 e. The zero-order chi connectivity index (χ0) is 15.9. The Balaban J connectivity index is 2.34. The number of aliphatic hydroxyl groups is 2. The number of ether oxygens (including phenoxy) is 1. The monoisotopic (exact) mass is 324 g/mol. The molecule has 0 bridgehead atoms. The molecule has 1 saturated heterocycles. The summed E-state index contributed by atoms with van der Waals surface area (Å²) in [6, 6.07) is 1.00. The molecule has 1 aromatic rings. The van der Waals surface area contributed by atoms with Gasteiger partial charge in [0.1, 0.15) is 12.2 Å². The first kappa shape index (κ1) is 16.0. The third-order valence-electron chi connectivity index (χ3n) is 3.21. The lowest BCUT2D eigenvalue weighted by Gasteiger charge is -2.19. The molecule has 0 spiro atoms. The Kier molecular flexibility index (Phi) is 4.17. The van der Waals surface area contributed by atoms with Crippen molar-refractivity contribution in [2.24, 2.45) is 0 Å². The third-order valence-corrected chi connectivity index (χ3v) is 4.37. The molecular formula is C9H15N3O8P+. The first-order chi connectivity index (χ1) is 9.62. The molecule has 0 unspecified atom stereocenters. The van der Waals surface area contributed by atoms with Gasteiger partial charge in [-0.3, -0.25) is 18.9 Å². The summed E-state index contributed by atoms with van der Waals surface area (Å²) in [4.78, 5) is 42.6. The van der Waals surface area contributed by atoms with Gasteiger partial charge in [0.15, 0.2) is 12.3 Å². The molecule has 0 saturated carbocycles. The zero-order valence-corrected chi connectivity index (χ0v) is 11.5. The fourth-order valence-electron chi connectivity index (χ4n) is 2.05. The van der Waals surface area contributed by atoms with E-state index in [-0.39, 0.29) is 0 Å². The molecule has 0 radical (unpaired) electrons. The molecule has 12 heteroatoms. The standard InChI is InChI=1S/C9H14N3O8P/c10-7(21(17,18)19)6-4(14)5(15)8(20-6)12-2-1-3(13)11-9(12)16/h1-2,4-8,14-15H,10H2,(H,11,13,16)(H2,17,18,19)/p+1/t4-,5+,6-,7-,8+/m0/s1. The second kappa shape index (κ2) is 5.46. The quantitative estimate of drug-likeness (QED) is 0.302. The van der Waals surface area contributed by atoms with Crippen molar-refractivity contribution in [1.82, 2.24) is 9.55 Å². The van der Waals surface area contributed by atoms with Crippen LogP contribution in [0.5, 0.6) is 0 Å². The van der Waals surface area contributed by atoms with Gasteiger partial charge in [-0.25, -0.2) is 4.79 Å². The number of hydrogen-bond donors (Lipinski definition) is 6. The summed E-state index contributed by atoms with van der Waals surface area (Å²) >= 11 is 0. The first-order valence-electron chi connectivity index (χ1n) is 5.84. The van der Waals surface area contributed by atoms with E-state index in [1.54, 1.807) is 0 Å². The molecule has 1 aromatic heterocycles. The van der Waals surface area contributed by atoms with Crippen molar-refractivity contribution >= 4 is 7.60 Å². The van der Waals surface area contributed by atoms with Crippen molar-refractivity contribution in [3.8, 4) is 0 Å². The van der Waals surface area contributed by atoms with Gasteiger partial charge in [0, 0.05) is 12.3 Å². The van der Waals surface area contributed by atoms with Gasteiger partial charge in [0.25, 0.3) is 5.56 Å². The minimum Gasteiger partial charge on any atom is -0.387 e. The van der Waals surface area contributed by atoms with Crippen molar-refractivity contribution in [2.45, 2.75) is 30.3 Å². The lowest BCUT2D eigenvalue weighted by Crippen LogP contribution is -2.67. The molecule has 21 heavy (non-hydrogen) atoms. The highest BCUT2D eigenvalue weighted by molar-refractivity contribution is 7.52. The van der Waals surface area contributed by atoms with E-state index < -0.39 is 49.2 Å². The Hall–Kier alpha value is -1.33. The minimum absolute atomic E-state index is 0.661. The topological polar surface area (TPSA) is 190 Å². The summed E-state index contributed by atoms with van der Waals surface area (Å²) in [6.45, 7) is 0. The molecule has 2 rings (SSSR count). The van der Waals surface area contributed by atoms with Crippen LogP contribution in [0.3, 0.4) is 0 Å². The second-order valence-corrected chi connectivity index (χ2v) is 6.49. The van der Waals surface area contributed by atoms with Crippen molar-refractivity contribution in [3.63, 3.8) is 0 Å².